The number of carbonyl (C=O) groups is 1. The second-order valence-electron chi connectivity index (χ2n) is 6.80. The summed E-state index contributed by atoms with van der Waals surface area (Å²) in [5.41, 5.74) is 0.0389. The van der Waals surface area contributed by atoms with E-state index in [9.17, 15) is 22.0 Å². The highest BCUT2D eigenvalue weighted by molar-refractivity contribution is 7.89. The maximum Gasteiger partial charge on any atom is 0.257 e. The molecule has 10 heteroatoms. The van der Waals surface area contributed by atoms with E-state index in [0.29, 0.717) is 12.1 Å². The number of morpholine rings is 1. The first kappa shape index (κ1) is 21.6. The van der Waals surface area contributed by atoms with Crippen LogP contribution in [-0.4, -0.2) is 43.9 Å². The molecule has 2 atom stereocenters. The summed E-state index contributed by atoms with van der Waals surface area (Å²) in [6.07, 6.45) is -0.430. The largest absolute Gasteiger partial charge is 0.373 e. The maximum absolute atomic E-state index is 13.4. The summed E-state index contributed by atoms with van der Waals surface area (Å²) >= 11 is 5.79. The molecular formula is C19H19ClF2N2O4S. The Balaban J connectivity index is 1.76. The number of rotatable bonds is 4. The first-order chi connectivity index (χ1) is 13.6. The molecule has 6 nitrogen and oxygen atoms in total. The second-order valence-corrected chi connectivity index (χ2v) is 9.15. The van der Waals surface area contributed by atoms with Gasteiger partial charge in [0, 0.05) is 18.8 Å². The van der Waals surface area contributed by atoms with E-state index in [0.717, 1.165) is 0 Å². The number of benzene rings is 2. The predicted octanol–water partition coefficient (Wildman–Crippen LogP) is 3.67. The van der Waals surface area contributed by atoms with Gasteiger partial charge >= 0.3 is 0 Å². The molecule has 0 saturated carbocycles. The number of nitrogens with zero attached hydrogens (tertiary/aromatic N) is 1. The molecule has 1 aliphatic rings. The molecule has 1 saturated heterocycles. The van der Waals surface area contributed by atoms with Crippen LogP contribution >= 0.6 is 11.6 Å². The van der Waals surface area contributed by atoms with Crippen LogP contribution in [0.25, 0.3) is 0 Å². The van der Waals surface area contributed by atoms with Crippen LogP contribution in [0.15, 0.2) is 41.3 Å². The molecule has 0 aliphatic carbocycles. The molecule has 0 radical (unpaired) electrons. The van der Waals surface area contributed by atoms with E-state index < -0.39 is 27.6 Å². The Labute approximate surface area is 172 Å². The van der Waals surface area contributed by atoms with E-state index >= 15 is 0 Å². The summed E-state index contributed by atoms with van der Waals surface area (Å²) in [6, 6.07) is 6.96. The van der Waals surface area contributed by atoms with Crippen molar-refractivity contribution in [3.8, 4) is 0 Å². The second kappa shape index (κ2) is 8.35. The standard InChI is InChI=1S/C19H19ClF2N2O4S/c1-11-9-24(10-12(2)28-11)29(26,27)14-5-3-13(4-6-14)23-19(25)15-7-17(21)18(22)8-16(15)20/h3-8,11-12H,9-10H2,1-2H3,(H,23,25)/t11-,12-/m0/s1. The van der Waals surface area contributed by atoms with Gasteiger partial charge < -0.3 is 10.1 Å². The van der Waals surface area contributed by atoms with Gasteiger partial charge in [0.1, 0.15) is 0 Å². The van der Waals surface area contributed by atoms with Gasteiger partial charge in [-0.05, 0) is 50.2 Å². The molecule has 2 aromatic rings. The Morgan fingerprint density at radius 1 is 1.10 bits per heavy atom. The molecule has 1 N–H and O–H groups in total. The first-order valence-electron chi connectivity index (χ1n) is 8.79. The number of amides is 1. The van der Waals surface area contributed by atoms with E-state index in [1.807, 2.05) is 0 Å². The van der Waals surface area contributed by atoms with Crippen molar-refractivity contribution in [2.24, 2.45) is 0 Å². The van der Waals surface area contributed by atoms with E-state index in [2.05, 4.69) is 5.32 Å². The van der Waals surface area contributed by atoms with Crippen molar-refractivity contribution in [3.05, 3.63) is 58.6 Å². The zero-order chi connectivity index (χ0) is 21.3. The number of anilines is 1. The van der Waals surface area contributed by atoms with Crippen molar-refractivity contribution in [1.82, 2.24) is 4.31 Å². The van der Waals surface area contributed by atoms with Crippen molar-refractivity contribution in [2.45, 2.75) is 31.0 Å². The molecule has 1 amide bonds. The number of nitrogens with one attached hydrogen (secondary N) is 1. The fourth-order valence-corrected chi connectivity index (χ4v) is 4.91. The lowest BCUT2D eigenvalue weighted by Crippen LogP contribution is -2.48. The van der Waals surface area contributed by atoms with Gasteiger partial charge in [-0.3, -0.25) is 4.79 Å². The van der Waals surface area contributed by atoms with Gasteiger partial charge in [-0.25, -0.2) is 17.2 Å². The Kier molecular flexibility index (Phi) is 6.23. The van der Waals surface area contributed by atoms with Crippen molar-refractivity contribution in [3.63, 3.8) is 0 Å². The lowest BCUT2D eigenvalue weighted by atomic mass is 10.2. The van der Waals surface area contributed by atoms with Gasteiger partial charge in [0.05, 0.1) is 27.7 Å². The fourth-order valence-electron chi connectivity index (χ4n) is 3.08. The lowest BCUT2D eigenvalue weighted by Gasteiger charge is -2.34. The van der Waals surface area contributed by atoms with E-state index in [4.69, 9.17) is 16.3 Å². The summed E-state index contributed by atoms with van der Waals surface area (Å²) in [6.45, 7) is 4.11. The molecule has 1 fully saturated rings. The molecule has 156 valence electrons. The molecular weight excluding hydrogens is 426 g/mol. The highest BCUT2D eigenvalue weighted by Gasteiger charge is 2.32. The summed E-state index contributed by atoms with van der Waals surface area (Å²) in [5.74, 6) is -3.11. The average molecular weight is 445 g/mol. The van der Waals surface area contributed by atoms with Crippen LogP contribution in [0.3, 0.4) is 0 Å². The number of hydrogen-bond donors (Lipinski definition) is 1. The molecule has 3 rings (SSSR count). The average Bonchev–Trinajstić information content (AvgIpc) is 2.64. The third kappa shape index (κ3) is 4.75. The number of sulfonamides is 1. The van der Waals surface area contributed by atoms with Crippen LogP contribution in [0, 0.1) is 11.6 Å². The van der Waals surface area contributed by atoms with Crippen LogP contribution in [0.1, 0.15) is 24.2 Å². The van der Waals surface area contributed by atoms with E-state index in [-0.39, 0.29) is 46.5 Å². The van der Waals surface area contributed by atoms with Gasteiger partial charge in [-0.1, -0.05) is 11.6 Å². The van der Waals surface area contributed by atoms with Gasteiger partial charge in [0.15, 0.2) is 11.6 Å². The van der Waals surface area contributed by atoms with E-state index in [1.54, 1.807) is 13.8 Å². The fraction of sp³-hybridized carbons (Fsp3) is 0.316. The van der Waals surface area contributed by atoms with Crippen LogP contribution in [0.5, 0.6) is 0 Å². The topological polar surface area (TPSA) is 75.7 Å². The van der Waals surface area contributed by atoms with Gasteiger partial charge in [-0.15, -0.1) is 0 Å². The molecule has 0 bridgehead atoms. The van der Waals surface area contributed by atoms with Crippen LogP contribution in [0.2, 0.25) is 5.02 Å². The predicted molar refractivity (Wildman–Crippen MR) is 105 cm³/mol. The van der Waals surface area contributed by atoms with Crippen LogP contribution in [-0.2, 0) is 14.8 Å². The molecule has 0 spiro atoms. The number of halogens is 3. The van der Waals surface area contributed by atoms with Crippen molar-refractivity contribution < 1.29 is 26.7 Å². The lowest BCUT2D eigenvalue weighted by molar-refractivity contribution is -0.0440. The van der Waals surface area contributed by atoms with Crippen molar-refractivity contribution in [1.29, 1.82) is 0 Å². The molecule has 1 aliphatic heterocycles. The summed E-state index contributed by atoms with van der Waals surface area (Å²) in [4.78, 5) is 12.3. The normalized spacial score (nSPS) is 20.4. The minimum absolute atomic E-state index is 0.0719. The van der Waals surface area contributed by atoms with Gasteiger partial charge in [0.2, 0.25) is 10.0 Å². The Morgan fingerprint density at radius 2 is 1.66 bits per heavy atom. The minimum atomic E-state index is -3.71. The van der Waals surface area contributed by atoms with Crippen molar-refractivity contribution in [2.75, 3.05) is 18.4 Å². The third-order valence-corrected chi connectivity index (χ3v) is 6.55. The first-order valence-corrected chi connectivity index (χ1v) is 10.6. The summed E-state index contributed by atoms with van der Waals surface area (Å²) in [7, 11) is -3.71. The van der Waals surface area contributed by atoms with Crippen LogP contribution < -0.4 is 5.32 Å². The quantitative estimate of drug-likeness (QED) is 0.730. The van der Waals surface area contributed by atoms with Gasteiger partial charge in [-0.2, -0.15) is 4.31 Å². The Bertz CT molecular complexity index is 1020. The monoisotopic (exact) mass is 444 g/mol. The maximum atomic E-state index is 13.4. The minimum Gasteiger partial charge on any atom is -0.373 e. The Hall–Kier alpha value is -2.07. The SMILES string of the molecule is C[C@H]1CN(S(=O)(=O)c2ccc(NC(=O)c3cc(F)c(F)cc3Cl)cc2)C[C@H](C)O1. The zero-order valence-corrected chi connectivity index (χ0v) is 17.2. The van der Waals surface area contributed by atoms with E-state index in [1.165, 1.54) is 28.6 Å². The highest BCUT2D eigenvalue weighted by Crippen LogP contribution is 2.24. The van der Waals surface area contributed by atoms with Gasteiger partial charge in [0.25, 0.3) is 5.91 Å². The number of ether oxygens (including phenoxy) is 1. The van der Waals surface area contributed by atoms with Crippen molar-refractivity contribution >= 4 is 33.2 Å². The number of carbonyl (C=O) groups excluding carboxylic acids is 1. The smallest absolute Gasteiger partial charge is 0.257 e. The highest BCUT2D eigenvalue weighted by atomic mass is 35.5. The molecule has 1 heterocycles. The third-order valence-electron chi connectivity index (χ3n) is 4.39. The molecule has 29 heavy (non-hydrogen) atoms. The zero-order valence-electron chi connectivity index (χ0n) is 15.7. The summed E-state index contributed by atoms with van der Waals surface area (Å²) in [5, 5.41) is 2.24. The summed E-state index contributed by atoms with van der Waals surface area (Å²) < 4.78 is 59.1. The molecule has 0 unspecified atom stereocenters. The Morgan fingerprint density at radius 3 is 2.24 bits per heavy atom. The number of hydrogen-bond acceptors (Lipinski definition) is 4. The molecule has 0 aromatic heterocycles. The van der Waals surface area contributed by atoms with Crippen LogP contribution in [0.4, 0.5) is 14.5 Å². The molecule has 2 aromatic carbocycles.